The fourth-order valence-electron chi connectivity index (χ4n) is 3.48. The Morgan fingerprint density at radius 2 is 2.29 bits per heavy atom. The van der Waals surface area contributed by atoms with Crippen molar-refractivity contribution in [3.05, 3.63) is 29.3 Å². The lowest BCUT2D eigenvalue weighted by molar-refractivity contribution is -0.127. The molecule has 0 aliphatic carbocycles. The van der Waals surface area contributed by atoms with Gasteiger partial charge in [-0.25, -0.2) is 8.78 Å². The van der Waals surface area contributed by atoms with Crippen molar-refractivity contribution in [1.82, 2.24) is 10.2 Å². The van der Waals surface area contributed by atoms with Crippen molar-refractivity contribution in [2.45, 2.75) is 32.1 Å². The van der Waals surface area contributed by atoms with Gasteiger partial charge in [-0.1, -0.05) is 12.1 Å². The number of nitrogens with zero attached hydrogens (tertiary/aromatic N) is 1. The van der Waals surface area contributed by atoms with E-state index in [-0.39, 0.29) is 11.8 Å². The van der Waals surface area contributed by atoms with Gasteiger partial charge in [-0.3, -0.25) is 4.79 Å². The van der Waals surface area contributed by atoms with E-state index in [9.17, 15) is 13.6 Å². The number of likely N-dealkylation sites (tertiary alicyclic amines) is 1. The molecule has 0 aromatic heterocycles. The van der Waals surface area contributed by atoms with E-state index in [4.69, 9.17) is 4.74 Å². The molecular weight excluding hydrogens is 314 g/mol. The average molecular weight is 338 g/mol. The van der Waals surface area contributed by atoms with E-state index in [1.54, 1.807) is 0 Å². The van der Waals surface area contributed by atoms with Crippen molar-refractivity contribution < 1.29 is 18.3 Å². The number of alkyl halides is 2. The standard InChI is InChI=1S/C18H24F2N2O2/c19-17(20)11-21-18(23)15-2-1-7-22(12-15)8-5-13-3-4-16-14(10-13)6-9-24-16/h3-4,10,15,17H,1-2,5-9,11-12H2,(H,21,23). The molecule has 0 spiro atoms. The van der Waals surface area contributed by atoms with E-state index in [0.29, 0.717) is 6.54 Å². The van der Waals surface area contributed by atoms with Crippen molar-refractivity contribution in [2.24, 2.45) is 5.92 Å². The summed E-state index contributed by atoms with van der Waals surface area (Å²) in [5.74, 6) is 0.577. The minimum absolute atomic E-state index is 0.175. The second-order valence-electron chi connectivity index (χ2n) is 6.57. The summed E-state index contributed by atoms with van der Waals surface area (Å²) in [6, 6.07) is 6.34. The van der Waals surface area contributed by atoms with E-state index in [2.05, 4.69) is 22.3 Å². The maximum absolute atomic E-state index is 12.2. The zero-order valence-corrected chi connectivity index (χ0v) is 13.8. The first-order valence-corrected chi connectivity index (χ1v) is 8.64. The minimum atomic E-state index is -2.49. The Hall–Kier alpha value is -1.69. The maximum Gasteiger partial charge on any atom is 0.255 e. The van der Waals surface area contributed by atoms with Crippen molar-refractivity contribution in [3.8, 4) is 5.75 Å². The number of benzene rings is 1. The molecule has 2 aliphatic heterocycles. The van der Waals surface area contributed by atoms with E-state index >= 15 is 0 Å². The number of ether oxygens (including phenoxy) is 1. The first-order valence-electron chi connectivity index (χ1n) is 8.64. The van der Waals surface area contributed by atoms with E-state index < -0.39 is 13.0 Å². The van der Waals surface area contributed by atoms with Gasteiger partial charge >= 0.3 is 0 Å². The SMILES string of the molecule is O=C(NCC(F)F)C1CCCN(CCc2ccc3c(c2)CCO3)C1. The van der Waals surface area contributed by atoms with Crippen LogP contribution in [0.15, 0.2) is 18.2 Å². The minimum Gasteiger partial charge on any atom is -0.493 e. The summed E-state index contributed by atoms with van der Waals surface area (Å²) in [6.45, 7) is 2.72. The van der Waals surface area contributed by atoms with Gasteiger partial charge in [0.05, 0.1) is 19.1 Å². The first-order chi connectivity index (χ1) is 11.6. The van der Waals surface area contributed by atoms with Crippen LogP contribution in [-0.2, 0) is 17.6 Å². The molecule has 0 saturated carbocycles. The summed E-state index contributed by atoms with van der Waals surface area (Å²) < 4.78 is 29.9. The van der Waals surface area contributed by atoms with E-state index in [0.717, 1.165) is 51.1 Å². The highest BCUT2D eigenvalue weighted by atomic mass is 19.3. The maximum atomic E-state index is 12.2. The van der Waals surface area contributed by atoms with Crippen molar-refractivity contribution >= 4 is 5.91 Å². The van der Waals surface area contributed by atoms with Crippen LogP contribution in [0.1, 0.15) is 24.0 Å². The van der Waals surface area contributed by atoms with Crippen molar-refractivity contribution in [1.29, 1.82) is 0 Å². The summed E-state index contributed by atoms with van der Waals surface area (Å²) in [4.78, 5) is 14.2. The molecule has 1 unspecified atom stereocenters. The second-order valence-corrected chi connectivity index (χ2v) is 6.57. The second kappa shape index (κ2) is 7.92. The molecule has 1 atom stereocenters. The Labute approximate surface area is 141 Å². The van der Waals surface area contributed by atoms with Gasteiger partial charge in [0.25, 0.3) is 6.43 Å². The number of carbonyl (C=O) groups is 1. The molecule has 2 aliphatic rings. The Kier molecular flexibility index (Phi) is 5.66. The molecule has 2 heterocycles. The summed E-state index contributed by atoms with van der Waals surface area (Å²) in [5, 5.41) is 2.34. The van der Waals surface area contributed by atoms with E-state index in [1.165, 1.54) is 11.1 Å². The number of hydrogen-bond acceptors (Lipinski definition) is 3. The van der Waals surface area contributed by atoms with Gasteiger partial charge in [-0.15, -0.1) is 0 Å². The predicted octanol–water partition coefficient (Wildman–Crippen LogP) is 2.26. The Balaban J connectivity index is 1.47. The van der Waals surface area contributed by atoms with Crippen LogP contribution in [0.5, 0.6) is 5.75 Å². The molecule has 3 rings (SSSR count). The van der Waals surface area contributed by atoms with Crippen LogP contribution >= 0.6 is 0 Å². The smallest absolute Gasteiger partial charge is 0.255 e. The lowest BCUT2D eigenvalue weighted by Crippen LogP contribution is -2.44. The molecule has 1 aromatic carbocycles. The number of hydrogen-bond donors (Lipinski definition) is 1. The highest BCUT2D eigenvalue weighted by Gasteiger charge is 2.26. The number of carbonyl (C=O) groups excluding carboxylic acids is 1. The molecule has 1 N–H and O–H groups in total. The number of rotatable bonds is 6. The number of amides is 1. The molecule has 24 heavy (non-hydrogen) atoms. The topological polar surface area (TPSA) is 41.6 Å². The van der Waals surface area contributed by atoms with Crippen LogP contribution in [0.25, 0.3) is 0 Å². The lowest BCUT2D eigenvalue weighted by atomic mass is 9.96. The molecule has 1 aromatic rings. The molecule has 6 heteroatoms. The number of fused-ring (bicyclic) bond motifs is 1. The zero-order valence-electron chi connectivity index (χ0n) is 13.8. The number of halogens is 2. The van der Waals surface area contributed by atoms with Crippen molar-refractivity contribution in [2.75, 3.05) is 32.8 Å². The van der Waals surface area contributed by atoms with Gasteiger partial charge < -0.3 is 15.0 Å². The third-order valence-electron chi connectivity index (χ3n) is 4.78. The third-order valence-corrected chi connectivity index (χ3v) is 4.78. The summed E-state index contributed by atoms with van der Waals surface area (Å²) >= 11 is 0. The molecule has 1 fully saturated rings. The largest absolute Gasteiger partial charge is 0.493 e. The number of piperidine rings is 1. The monoisotopic (exact) mass is 338 g/mol. The van der Waals surface area contributed by atoms with Gasteiger partial charge in [0.2, 0.25) is 5.91 Å². The highest BCUT2D eigenvalue weighted by molar-refractivity contribution is 5.78. The van der Waals surface area contributed by atoms with Crippen LogP contribution in [0.2, 0.25) is 0 Å². The van der Waals surface area contributed by atoms with Crippen LogP contribution in [0.3, 0.4) is 0 Å². The Morgan fingerprint density at radius 1 is 1.42 bits per heavy atom. The summed E-state index contributed by atoms with van der Waals surface area (Å²) in [6.07, 6.45) is 1.13. The fourth-order valence-corrected chi connectivity index (χ4v) is 3.48. The molecule has 0 bridgehead atoms. The molecule has 4 nitrogen and oxygen atoms in total. The van der Waals surface area contributed by atoms with Crippen LogP contribution < -0.4 is 10.1 Å². The van der Waals surface area contributed by atoms with Gasteiger partial charge in [-0.05, 0) is 43.0 Å². The molecule has 132 valence electrons. The summed E-state index contributed by atoms with van der Waals surface area (Å²) in [7, 11) is 0. The molecule has 0 radical (unpaired) electrons. The van der Waals surface area contributed by atoms with Crippen LogP contribution in [-0.4, -0.2) is 50.0 Å². The van der Waals surface area contributed by atoms with Crippen molar-refractivity contribution in [3.63, 3.8) is 0 Å². The zero-order chi connectivity index (χ0) is 16.9. The van der Waals surface area contributed by atoms with Gasteiger partial charge in [0, 0.05) is 19.5 Å². The fraction of sp³-hybridized carbons (Fsp3) is 0.611. The average Bonchev–Trinajstić information content (AvgIpc) is 3.05. The van der Waals surface area contributed by atoms with Crippen LogP contribution in [0, 0.1) is 5.92 Å². The molecular formula is C18H24F2N2O2. The van der Waals surface area contributed by atoms with Crippen LogP contribution in [0.4, 0.5) is 8.78 Å². The van der Waals surface area contributed by atoms with Gasteiger partial charge in [0.1, 0.15) is 5.75 Å². The molecule has 1 saturated heterocycles. The molecule has 1 amide bonds. The highest BCUT2D eigenvalue weighted by Crippen LogP contribution is 2.26. The Bertz CT molecular complexity index is 580. The van der Waals surface area contributed by atoms with Gasteiger partial charge in [0.15, 0.2) is 0 Å². The quantitative estimate of drug-likeness (QED) is 0.865. The normalized spacial score (nSPS) is 20.7. The van der Waals surface area contributed by atoms with E-state index in [1.807, 2.05) is 6.07 Å². The first kappa shape index (κ1) is 17.1. The predicted molar refractivity (Wildman–Crippen MR) is 87.5 cm³/mol. The van der Waals surface area contributed by atoms with Gasteiger partial charge in [-0.2, -0.15) is 0 Å². The number of nitrogens with one attached hydrogen (secondary N) is 1. The third kappa shape index (κ3) is 4.44. The Morgan fingerprint density at radius 3 is 3.12 bits per heavy atom. The summed E-state index contributed by atoms with van der Waals surface area (Å²) in [5.41, 5.74) is 2.55. The lowest BCUT2D eigenvalue weighted by Gasteiger charge is -2.32.